The van der Waals surface area contributed by atoms with Crippen LogP contribution in [0.1, 0.15) is 54.1 Å². The molecule has 1 fully saturated rings. The molecule has 6 nitrogen and oxygen atoms in total. The number of amides is 1. The van der Waals surface area contributed by atoms with Crippen molar-refractivity contribution in [3.63, 3.8) is 0 Å². The Morgan fingerprint density at radius 1 is 1.31 bits per heavy atom. The molecule has 1 aromatic heterocycles. The van der Waals surface area contributed by atoms with Crippen molar-refractivity contribution in [2.24, 2.45) is 7.05 Å². The van der Waals surface area contributed by atoms with Gasteiger partial charge >= 0.3 is 0 Å². The molecule has 0 saturated heterocycles. The number of benzene rings is 1. The first-order valence-electron chi connectivity index (χ1n) is 8.48. The molecule has 1 aromatic carbocycles. The van der Waals surface area contributed by atoms with Gasteiger partial charge in [-0.1, -0.05) is 30.9 Å². The molecule has 142 valence electrons. The minimum absolute atomic E-state index is 0. The Morgan fingerprint density at radius 3 is 2.65 bits per heavy atom. The van der Waals surface area contributed by atoms with E-state index < -0.39 is 0 Å². The van der Waals surface area contributed by atoms with Gasteiger partial charge in [-0.2, -0.15) is 5.10 Å². The van der Waals surface area contributed by atoms with Gasteiger partial charge in [0.2, 0.25) is 0 Å². The maximum atomic E-state index is 12.7. The van der Waals surface area contributed by atoms with Crippen LogP contribution in [0.25, 0.3) is 0 Å². The Kier molecular flexibility index (Phi) is 6.78. The molecule has 0 bridgehead atoms. The largest absolute Gasteiger partial charge is 0.496 e. The quantitative estimate of drug-likeness (QED) is 0.748. The van der Waals surface area contributed by atoms with Gasteiger partial charge in [0.25, 0.3) is 5.91 Å². The average molecular weight is 399 g/mol. The number of methoxy groups -OCH3 is 1. The van der Waals surface area contributed by atoms with E-state index in [1.807, 2.05) is 13.1 Å². The molecule has 3 N–H and O–H groups in total. The molecular weight excluding hydrogens is 375 g/mol. The van der Waals surface area contributed by atoms with Crippen molar-refractivity contribution in [1.82, 2.24) is 9.78 Å². The van der Waals surface area contributed by atoms with Crippen LogP contribution in [-0.2, 0) is 7.05 Å². The highest BCUT2D eigenvalue weighted by molar-refractivity contribution is 6.33. The molecule has 1 aliphatic carbocycles. The topological polar surface area (TPSA) is 82.2 Å². The third-order valence-electron chi connectivity index (χ3n) is 4.73. The van der Waals surface area contributed by atoms with Crippen LogP contribution in [0.15, 0.2) is 18.2 Å². The summed E-state index contributed by atoms with van der Waals surface area (Å²) in [5.41, 5.74) is 7.52. The summed E-state index contributed by atoms with van der Waals surface area (Å²) in [6.07, 6.45) is 6.09. The van der Waals surface area contributed by atoms with Gasteiger partial charge in [0.05, 0.1) is 29.1 Å². The van der Waals surface area contributed by atoms with Crippen LogP contribution in [0.4, 0.5) is 11.5 Å². The van der Waals surface area contributed by atoms with Gasteiger partial charge in [-0.3, -0.25) is 9.48 Å². The van der Waals surface area contributed by atoms with E-state index in [2.05, 4.69) is 10.4 Å². The van der Waals surface area contributed by atoms with Crippen LogP contribution in [0.5, 0.6) is 5.75 Å². The highest BCUT2D eigenvalue weighted by Gasteiger charge is 2.21. The van der Waals surface area contributed by atoms with E-state index in [0.29, 0.717) is 33.8 Å². The predicted octanol–water partition coefficient (Wildman–Crippen LogP) is 4.39. The number of hydrogen-bond acceptors (Lipinski definition) is 4. The first-order valence-corrected chi connectivity index (χ1v) is 8.85. The van der Waals surface area contributed by atoms with Crippen molar-refractivity contribution in [3.8, 4) is 5.75 Å². The van der Waals surface area contributed by atoms with Gasteiger partial charge < -0.3 is 15.8 Å². The molecule has 0 unspecified atom stereocenters. The van der Waals surface area contributed by atoms with E-state index in [9.17, 15) is 4.79 Å². The number of nitrogens with one attached hydrogen (secondary N) is 1. The Labute approximate surface area is 164 Å². The lowest BCUT2D eigenvalue weighted by Gasteiger charge is -2.19. The zero-order valence-corrected chi connectivity index (χ0v) is 16.5. The molecule has 2 aromatic rings. The fourth-order valence-electron chi connectivity index (χ4n) is 3.30. The third kappa shape index (κ3) is 4.24. The second-order valence-corrected chi connectivity index (χ2v) is 6.85. The molecule has 1 heterocycles. The lowest BCUT2D eigenvalue weighted by atomic mass is 9.87. The molecule has 1 aliphatic rings. The van der Waals surface area contributed by atoms with Gasteiger partial charge in [0.1, 0.15) is 11.6 Å². The number of anilines is 2. The van der Waals surface area contributed by atoms with Crippen molar-refractivity contribution in [1.29, 1.82) is 0 Å². The molecule has 1 saturated carbocycles. The lowest BCUT2D eigenvalue weighted by Crippen LogP contribution is -2.15. The minimum Gasteiger partial charge on any atom is -0.496 e. The van der Waals surface area contributed by atoms with E-state index in [4.69, 9.17) is 22.1 Å². The summed E-state index contributed by atoms with van der Waals surface area (Å²) in [6.45, 7) is 0. The van der Waals surface area contributed by atoms with Gasteiger partial charge in [-0.05, 0) is 18.9 Å². The van der Waals surface area contributed by atoms with Crippen LogP contribution in [0, 0.1) is 0 Å². The van der Waals surface area contributed by atoms with E-state index >= 15 is 0 Å². The number of carbonyl (C=O) groups is 1. The molecular formula is C18H24Cl2N4O2. The summed E-state index contributed by atoms with van der Waals surface area (Å²) >= 11 is 6.05. The first kappa shape index (κ1) is 20.4. The fraction of sp³-hybridized carbons (Fsp3) is 0.444. The Morgan fingerprint density at radius 2 is 2.00 bits per heavy atom. The van der Waals surface area contributed by atoms with Crippen LogP contribution < -0.4 is 15.8 Å². The summed E-state index contributed by atoms with van der Waals surface area (Å²) in [7, 11) is 3.32. The van der Waals surface area contributed by atoms with E-state index in [0.717, 1.165) is 18.5 Å². The third-order valence-corrected chi connectivity index (χ3v) is 5.05. The minimum atomic E-state index is -0.308. The van der Waals surface area contributed by atoms with Crippen molar-refractivity contribution >= 4 is 41.4 Å². The van der Waals surface area contributed by atoms with Gasteiger partial charge in [-0.25, -0.2) is 0 Å². The maximum absolute atomic E-state index is 12.7. The molecule has 0 radical (unpaired) electrons. The van der Waals surface area contributed by atoms with Crippen LogP contribution in [0.2, 0.25) is 5.02 Å². The number of aryl methyl sites for hydroxylation is 1. The second kappa shape index (κ2) is 8.64. The maximum Gasteiger partial charge on any atom is 0.260 e. The number of rotatable bonds is 4. The zero-order chi connectivity index (χ0) is 18.0. The number of nitrogens with zero attached hydrogens (tertiary/aromatic N) is 2. The van der Waals surface area contributed by atoms with Crippen molar-refractivity contribution in [2.75, 3.05) is 18.2 Å². The number of ether oxygens (including phenoxy) is 1. The summed E-state index contributed by atoms with van der Waals surface area (Å²) in [5, 5.41) is 7.79. The summed E-state index contributed by atoms with van der Waals surface area (Å²) < 4.78 is 6.95. The Bertz CT molecular complexity index is 786. The summed E-state index contributed by atoms with van der Waals surface area (Å²) in [6, 6.07) is 5.02. The van der Waals surface area contributed by atoms with Gasteiger partial charge in [0, 0.05) is 25.1 Å². The predicted molar refractivity (Wildman–Crippen MR) is 107 cm³/mol. The molecule has 0 spiro atoms. The first-order chi connectivity index (χ1) is 12.0. The Hall–Kier alpha value is -1.92. The highest BCUT2D eigenvalue weighted by Crippen LogP contribution is 2.33. The lowest BCUT2D eigenvalue weighted by molar-refractivity contribution is 0.102. The monoisotopic (exact) mass is 398 g/mol. The number of nitrogen functional groups attached to an aromatic ring is 1. The van der Waals surface area contributed by atoms with Gasteiger partial charge in [0.15, 0.2) is 0 Å². The summed E-state index contributed by atoms with van der Waals surface area (Å²) in [5.74, 6) is 1.21. The van der Waals surface area contributed by atoms with Gasteiger partial charge in [-0.15, -0.1) is 12.4 Å². The van der Waals surface area contributed by atoms with Crippen LogP contribution in [0.3, 0.4) is 0 Å². The van der Waals surface area contributed by atoms with E-state index in [1.165, 1.54) is 32.4 Å². The van der Waals surface area contributed by atoms with Crippen molar-refractivity contribution < 1.29 is 9.53 Å². The van der Waals surface area contributed by atoms with E-state index in [1.54, 1.807) is 10.7 Å². The zero-order valence-electron chi connectivity index (χ0n) is 14.9. The number of aromatic nitrogens is 2. The molecule has 0 atom stereocenters. The fourth-order valence-corrected chi connectivity index (χ4v) is 3.47. The smallest absolute Gasteiger partial charge is 0.260 e. The van der Waals surface area contributed by atoms with Crippen LogP contribution in [-0.4, -0.2) is 22.8 Å². The molecule has 0 aliphatic heterocycles. The normalized spacial score (nSPS) is 14.6. The van der Waals surface area contributed by atoms with Crippen molar-refractivity contribution in [2.45, 2.75) is 38.0 Å². The number of hydrogen-bond donors (Lipinski definition) is 2. The molecule has 3 rings (SSSR count). The molecule has 1 amide bonds. The second-order valence-electron chi connectivity index (χ2n) is 6.44. The molecule has 8 heteroatoms. The standard InChI is InChI=1S/C18H23ClN4O2.ClH/c1-23-17(10-15(22-23)11-6-4-3-5-7-11)21-18(24)12-8-13(19)14(20)9-16(12)25-2;/h8-11H,3-7,20H2,1-2H3,(H,21,24);1H. The SMILES string of the molecule is COc1cc(N)c(Cl)cc1C(=O)Nc1cc(C2CCCCC2)nn1C.Cl. The summed E-state index contributed by atoms with van der Waals surface area (Å²) in [4.78, 5) is 12.7. The number of carbonyl (C=O) groups excluding carboxylic acids is 1. The van der Waals surface area contributed by atoms with Crippen molar-refractivity contribution in [3.05, 3.63) is 34.5 Å². The molecule has 26 heavy (non-hydrogen) atoms. The average Bonchev–Trinajstić information content (AvgIpc) is 2.98. The number of halogens is 2. The number of nitrogens with two attached hydrogens (primary N) is 1. The van der Waals surface area contributed by atoms with E-state index in [-0.39, 0.29) is 18.3 Å². The van der Waals surface area contributed by atoms with Crippen LogP contribution >= 0.6 is 24.0 Å². The Balaban J connectivity index is 0.00000243. The highest BCUT2D eigenvalue weighted by atomic mass is 35.5.